The van der Waals surface area contributed by atoms with Crippen molar-refractivity contribution >= 4 is 0 Å². The molecule has 1 aromatic rings. The lowest BCUT2D eigenvalue weighted by Gasteiger charge is -2.39. The highest BCUT2D eigenvalue weighted by Crippen LogP contribution is 2.22. The normalized spacial score (nSPS) is 14.9. The van der Waals surface area contributed by atoms with Crippen LogP contribution >= 0.6 is 0 Å². The molecular formula is C14H25N3O2. The van der Waals surface area contributed by atoms with Gasteiger partial charge in [-0.15, -0.1) is 0 Å². The second-order valence-corrected chi connectivity index (χ2v) is 5.02. The monoisotopic (exact) mass is 267 g/mol. The van der Waals surface area contributed by atoms with Gasteiger partial charge in [-0.1, -0.05) is 6.07 Å². The third kappa shape index (κ3) is 4.54. The molecule has 0 spiro atoms. The summed E-state index contributed by atoms with van der Waals surface area (Å²) >= 11 is 0. The zero-order valence-electron chi connectivity index (χ0n) is 12.3. The van der Waals surface area contributed by atoms with Crippen LogP contribution in [0, 0.1) is 0 Å². The number of nitrogens with two attached hydrogens (primary N) is 1. The van der Waals surface area contributed by atoms with E-state index in [0.29, 0.717) is 13.0 Å². The van der Waals surface area contributed by atoms with Gasteiger partial charge in [0.25, 0.3) is 0 Å². The molecule has 0 aliphatic rings. The molecule has 2 N–H and O–H groups in total. The first kappa shape index (κ1) is 16.0. The van der Waals surface area contributed by atoms with E-state index >= 15 is 0 Å². The Hall–Kier alpha value is -1.01. The number of pyridine rings is 1. The molecular weight excluding hydrogens is 242 g/mol. The van der Waals surface area contributed by atoms with Crippen LogP contribution in [0.3, 0.4) is 0 Å². The molecule has 0 bridgehead atoms. The van der Waals surface area contributed by atoms with Crippen LogP contribution in [-0.4, -0.2) is 49.5 Å². The maximum Gasteiger partial charge on any atom is 0.158 e. The van der Waals surface area contributed by atoms with Crippen molar-refractivity contribution in [2.75, 3.05) is 27.8 Å². The number of hydrogen-bond donors (Lipinski definition) is 1. The van der Waals surface area contributed by atoms with Crippen molar-refractivity contribution in [1.29, 1.82) is 0 Å². The van der Waals surface area contributed by atoms with Crippen LogP contribution < -0.4 is 5.73 Å². The first-order valence-electron chi connectivity index (χ1n) is 6.41. The predicted molar refractivity (Wildman–Crippen MR) is 75.6 cm³/mol. The average Bonchev–Trinajstić information content (AvgIpc) is 2.45. The van der Waals surface area contributed by atoms with Gasteiger partial charge in [-0.25, -0.2) is 0 Å². The van der Waals surface area contributed by atoms with E-state index in [9.17, 15) is 0 Å². The molecule has 0 fully saturated rings. The fraction of sp³-hybridized carbons (Fsp3) is 0.643. The summed E-state index contributed by atoms with van der Waals surface area (Å²) in [5, 5.41) is 0. The van der Waals surface area contributed by atoms with Gasteiger partial charge in [-0.05, 0) is 25.6 Å². The van der Waals surface area contributed by atoms with Crippen LogP contribution in [-0.2, 0) is 16.0 Å². The van der Waals surface area contributed by atoms with Crippen LogP contribution in [0.4, 0.5) is 0 Å². The van der Waals surface area contributed by atoms with E-state index in [1.165, 1.54) is 0 Å². The second-order valence-electron chi connectivity index (χ2n) is 5.02. The maximum atomic E-state index is 5.95. The Labute approximate surface area is 115 Å². The molecule has 1 atom stereocenters. The number of likely N-dealkylation sites (N-methyl/N-ethyl adjacent to an activating group) is 1. The number of rotatable bonds is 8. The molecule has 19 heavy (non-hydrogen) atoms. The maximum absolute atomic E-state index is 5.95. The van der Waals surface area contributed by atoms with Crippen LogP contribution in [0.15, 0.2) is 24.5 Å². The Balaban J connectivity index is 2.71. The van der Waals surface area contributed by atoms with Crippen molar-refractivity contribution in [1.82, 2.24) is 9.88 Å². The Morgan fingerprint density at radius 2 is 2.11 bits per heavy atom. The first-order valence-corrected chi connectivity index (χ1v) is 6.41. The molecule has 0 aromatic carbocycles. The van der Waals surface area contributed by atoms with Gasteiger partial charge in [0, 0.05) is 51.7 Å². The van der Waals surface area contributed by atoms with E-state index in [1.807, 2.05) is 12.3 Å². The fourth-order valence-electron chi connectivity index (χ4n) is 1.97. The Kier molecular flexibility index (Phi) is 6.37. The largest absolute Gasteiger partial charge is 0.356 e. The standard InChI is InChI=1S/C14H25N3O2/c1-14(11-15,8-13(18-3)19-4)17(2)10-12-6-5-7-16-9-12/h5-7,9,13H,8,10-11,15H2,1-4H3. The SMILES string of the molecule is COC(CC(C)(CN)N(C)Cc1cccnc1)OC. The quantitative estimate of drug-likeness (QED) is 0.718. The highest BCUT2D eigenvalue weighted by Gasteiger charge is 2.31. The molecule has 0 saturated heterocycles. The predicted octanol–water partition coefficient (Wildman–Crippen LogP) is 1.24. The average molecular weight is 267 g/mol. The molecule has 5 nitrogen and oxygen atoms in total. The molecule has 0 saturated carbocycles. The molecule has 1 heterocycles. The van der Waals surface area contributed by atoms with Crippen LogP contribution in [0.5, 0.6) is 0 Å². The highest BCUT2D eigenvalue weighted by atomic mass is 16.7. The molecule has 1 rings (SSSR count). The number of aromatic nitrogens is 1. The van der Waals surface area contributed by atoms with Crippen molar-refractivity contribution in [3.05, 3.63) is 30.1 Å². The lowest BCUT2D eigenvalue weighted by atomic mass is 9.95. The molecule has 0 amide bonds. The van der Waals surface area contributed by atoms with Crippen molar-refractivity contribution in [3.8, 4) is 0 Å². The Morgan fingerprint density at radius 1 is 1.42 bits per heavy atom. The van der Waals surface area contributed by atoms with Gasteiger partial charge >= 0.3 is 0 Å². The first-order chi connectivity index (χ1) is 9.05. The van der Waals surface area contributed by atoms with E-state index in [0.717, 1.165) is 12.1 Å². The summed E-state index contributed by atoms with van der Waals surface area (Å²) in [5.74, 6) is 0. The molecule has 108 valence electrons. The minimum atomic E-state index is -0.245. The topological polar surface area (TPSA) is 60.6 Å². The van der Waals surface area contributed by atoms with E-state index in [2.05, 4.69) is 29.9 Å². The molecule has 0 aliphatic heterocycles. The molecule has 5 heteroatoms. The van der Waals surface area contributed by atoms with E-state index < -0.39 is 0 Å². The summed E-state index contributed by atoms with van der Waals surface area (Å²) in [6.07, 6.45) is 4.12. The van der Waals surface area contributed by atoms with E-state index in [-0.39, 0.29) is 11.8 Å². The molecule has 1 unspecified atom stereocenters. The van der Waals surface area contributed by atoms with Gasteiger partial charge in [-0.2, -0.15) is 0 Å². The summed E-state index contributed by atoms with van der Waals surface area (Å²) in [5.41, 5.74) is 6.93. The van der Waals surface area contributed by atoms with Crippen LogP contribution in [0.25, 0.3) is 0 Å². The summed E-state index contributed by atoms with van der Waals surface area (Å²) in [6.45, 7) is 3.45. The number of methoxy groups -OCH3 is 2. The zero-order valence-corrected chi connectivity index (χ0v) is 12.3. The van der Waals surface area contributed by atoms with Crippen molar-refractivity contribution in [2.24, 2.45) is 5.73 Å². The van der Waals surface area contributed by atoms with E-state index in [1.54, 1.807) is 20.4 Å². The molecule has 0 radical (unpaired) electrons. The number of ether oxygens (including phenoxy) is 2. The van der Waals surface area contributed by atoms with Gasteiger partial charge in [-0.3, -0.25) is 9.88 Å². The Morgan fingerprint density at radius 3 is 2.58 bits per heavy atom. The van der Waals surface area contributed by atoms with Crippen molar-refractivity contribution < 1.29 is 9.47 Å². The van der Waals surface area contributed by atoms with Gasteiger partial charge in [0.1, 0.15) is 0 Å². The second kappa shape index (κ2) is 7.55. The molecule has 1 aromatic heterocycles. The summed E-state index contributed by atoms with van der Waals surface area (Å²) < 4.78 is 10.6. The lowest BCUT2D eigenvalue weighted by molar-refractivity contribution is -0.127. The third-order valence-electron chi connectivity index (χ3n) is 3.64. The van der Waals surface area contributed by atoms with Gasteiger partial charge in [0.15, 0.2) is 6.29 Å². The Bertz CT molecular complexity index is 357. The highest BCUT2D eigenvalue weighted by molar-refractivity contribution is 5.09. The van der Waals surface area contributed by atoms with Gasteiger partial charge in [0.05, 0.1) is 0 Å². The molecule has 0 aliphatic carbocycles. The fourth-order valence-corrected chi connectivity index (χ4v) is 1.97. The minimum absolute atomic E-state index is 0.188. The summed E-state index contributed by atoms with van der Waals surface area (Å²) in [4.78, 5) is 6.35. The lowest BCUT2D eigenvalue weighted by Crippen LogP contribution is -2.51. The third-order valence-corrected chi connectivity index (χ3v) is 3.64. The van der Waals surface area contributed by atoms with Crippen molar-refractivity contribution in [3.63, 3.8) is 0 Å². The summed E-state index contributed by atoms with van der Waals surface area (Å²) in [7, 11) is 5.35. The number of hydrogen-bond acceptors (Lipinski definition) is 5. The van der Waals surface area contributed by atoms with Gasteiger partial charge in [0.2, 0.25) is 0 Å². The van der Waals surface area contributed by atoms with Crippen molar-refractivity contribution in [2.45, 2.75) is 31.7 Å². The smallest absolute Gasteiger partial charge is 0.158 e. The number of nitrogens with zero attached hydrogens (tertiary/aromatic N) is 2. The van der Waals surface area contributed by atoms with Crippen LogP contribution in [0.2, 0.25) is 0 Å². The van der Waals surface area contributed by atoms with E-state index in [4.69, 9.17) is 15.2 Å². The minimum Gasteiger partial charge on any atom is -0.356 e. The summed E-state index contributed by atoms with van der Waals surface area (Å²) in [6, 6.07) is 4.00. The zero-order chi connectivity index (χ0) is 14.3. The van der Waals surface area contributed by atoms with Crippen LogP contribution in [0.1, 0.15) is 18.9 Å². The van der Waals surface area contributed by atoms with Gasteiger partial charge < -0.3 is 15.2 Å².